The number of carbonyl (C=O) groups excluding carboxylic acids is 2. The zero-order valence-corrected chi connectivity index (χ0v) is 20.2. The first kappa shape index (κ1) is 23.6. The van der Waals surface area contributed by atoms with E-state index in [-0.39, 0.29) is 17.5 Å². The van der Waals surface area contributed by atoms with Crippen molar-refractivity contribution < 1.29 is 27.5 Å². The number of fused-ring (bicyclic) bond motifs is 1. The second kappa shape index (κ2) is 8.36. The number of amides is 3. The van der Waals surface area contributed by atoms with Crippen LogP contribution in [-0.4, -0.2) is 41.9 Å². The number of piperidine rings is 1. The average Bonchev–Trinajstić information content (AvgIpc) is 3.49. The van der Waals surface area contributed by atoms with Crippen LogP contribution in [0.2, 0.25) is 0 Å². The van der Waals surface area contributed by atoms with E-state index in [1.165, 1.54) is 18.6 Å². The van der Waals surface area contributed by atoms with Gasteiger partial charge >= 0.3 is 12.4 Å². The number of hydrogen-bond acceptors (Lipinski definition) is 5. The molecule has 2 unspecified atom stereocenters. The van der Waals surface area contributed by atoms with Gasteiger partial charge in [0.15, 0.2) is 0 Å². The molecule has 3 heterocycles. The molecule has 3 amide bonds. The van der Waals surface area contributed by atoms with Crippen LogP contribution in [0.4, 0.5) is 35.2 Å². The van der Waals surface area contributed by atoms with Crippen LogP contribution in [0, 0.1) is 5.92 Å². The highest BCUT2D eigenvalue weighted by molar-refractivity contribution is 6.33. The third-order valence-corrected chi connectivity index (χ3v) is 7.56. The Morgan fingerprint density at radius 1 is 1.00 bits per heavy atom. The van der Waals surface area contributed by atoms with Gasteiger partial charge in [0, 0.05) is 24.5 Å². The van der Waals surface area contributed by atoms with Gasteiger partial charge in [0.1, 0.15) is 17.1 Å². The zero-order valence-electron chi connectivity index (χ0n) is 20.2. The number of nitrogens with zero attached hydrogens (tertiary/aromatic N) is 4. The Kier molecular flexibility index (Phi) is 5.32. The zero-order chi connectivity index (χ0) is 25.9. The molecule has 1 aromatic heterocycles. The Morgan fingerprint density at radius 2 is 1.68 bits per heavy atom. The summed E-state index contributed by atoms with van der Waals surface area (Å²) >= 11 is 0. The molecule has 3 aliphatic rings. The van der Waals surface area contributed by atoms with E-state index in [4.69, 9.17) is 4.98 Å². The van der Waals surface area contributed by atoms with Crippen molar-refractivity contribution in [2.45, 2.75) is 44.5 Å². The van der Waals surface area contributed by atoms with Gasteiger partial charge in [-0.1, -0.05) is 25.1 Å². The van der Waals surface area contributed by atoms with Gasteiger partial charge in [0.05, 0.1) is 16.9 Å². The molecule has 192 valence electrons. The van der Waals surface area contributed by atoms with E-state index in [1.54, 1.807) is 4.90 Å². The molecule has 1 saturated carbocycles. The van der Waals surface area contributed by atoms with Crippen LogP contribution in [0.25, 0.3) is 10.9 Å². The fourth-order valence-electron chi connectivity index (χ4n) is 5.62. The van der Waals surface area contributed by atoms with Crippen LogP contribution < -0.4 is 19.4 Å². The molecule has 37 heavy (non-hydrogen) atoms. The summed E-state index contributed by atoms with van der Waals surface area (Å²) in [5.41, 5.74) is 0.506. The quantitative estimate of drug-likeness (QED) is 0.411. The van der Waals surface area contributed by atoms with E-state index in [0.717, 1.165) is 59.7 Å². The Hall–Kier alpha value is -3.82. The Labute approximate surface area is 211 Å². The Bertz CT molecular complexity index is 1390. The van der Waals surface area contributed by atoms with Gasteiger partial charge in [-0.05, 0) is 61.9 Å². The number of pyridine rings is 1. The number of ether oxygens (including phenoxy) is 1. The largest absolute Gasteiger partial charge is 0.573 e. The highest BCUT2D eigenvalue weighted by Crippen LogP contribution is 2.56. The van der Waals surface area contributed by atoms with Gasteiger partial charge in [-0.3, -0.25) is 9.69 Å². The molecule has 7 nitrogen and oxygen atoms in total. The number of anilines is 3. The van der Waals surface area contributed by atoms with Crippen molar-refractivity contribution in [1.29, 1.82) is 0 Å². The van der Waals surface area contributed by atoms with Gasteiger partial charge in [0.2, 0.25) is 0 Å². The summed E-state index contributed by atoms with van der Waals surface area (Å²) in [6, 6.07) is 13.7. The number of para-hydroxylation sites is 1. The van der Waals surface area contributed by atoms with Crippen molar-refractivity contribution in [2.24, 2.45) is 5.92 Å². The number of benzene rings is 2. The maximum absolute atomic E-state index is 13.9. The first-order valence-electron chi connectivity index (χ1n) is 12.4. The number of alkyl halides is 3. The number of carbonyl (C=O) groups is 2. The van der Waals surface area contributed by atoms with Gasteiger partial charge in [0.25, 0.3) is 5.91 Å². The van der Waals surface area contributed by atoms with Crippen LogP contribution >= 0.6 is 0 Å². The molecule has 2 atom stereocenters. The standard InChI is InChI=1S/C27H25F3N4O3/c1-17-16-26(17)24(35)33(18-9-11-19(12-10-18)37-27(28,29)30)25(36)34(26)22-15-23(32-13-5-2-6-14-32)31-21-8-4-3-7-20(21)22/h3-4,7-12,15,17H,2,5-6,13-14,16H2,1H3. The van der Waals surface area contributed by atoms with Crippen molar-refractivity contribution in [3.8, 4) is 5.75 Å². The smallest absolute Gasteiger partial charge is 0.406 e. The van der Waals surface area contributed by atoms with E-state index in [2.05, 4.69) is 9.64 Å². The Balaban J connectivity index is 1.43. The first-order chi connectivity index (χ1) is 17.7. The molecule has 2 saturated heterocycles. The van der Waals surface area contributed by atoms with Crippen LogP contribution in [-0.2, 0) is 4.79 Å². The lowest BCUT2D eigenvalue weighted by molar-refractivity contribution is -0.274. The fourth-order valence-corrected chi connectivity index (χ4v) is 5.62. The van der Waals surface area contributed by atoms with Crippen LogP contribution in [0.1, 0.15) is 32.6 Å². The predicted octanol–water partition coefficient (Wildman–Crippen LogP) is 5.88. The summed E-state index contributed by atoms with van der Waals surface area (Å²) in [6.07, 6.45) is -1.04. The van der Waals surface area contributed by atoms with Crippen molar-refractivity contribution >= 4 is 40.0 Å². The van der Waals surface area contributed by atoms with E-state index in [0.29, 0.717) is 12.1 Å². The first-order valence-corrected chi connectivity index (χ1v) is 12.4. The minimum atomic E-state index is -4.83. The number of hydrogen-bond donors (Lipinski definition) is 0. The number of urea groups is 1. The highest BCUT2D eigenvalue weighted by Gasteiger charge is 2.70. The Morgan fingerprint density at radius 3 is 2.32 bits per heavy atom. The molecule has 3 aromatic rings. The van der Waals surface area contributed by atoms with E-state index >= 15 is 0 Å². The SMILES string of the molecule is CC1CC12C(=O)N(c1ccc(OC(F)(F)F)cc1)C(=O)N2c1cc(N2CCCCC2)nc2ccccc12. The molecule has 10 heteroatoms. The summed E-state index contributed by atoms with van der Waals surface area (Å²) < 4.78 is 41.7. The molecule has 2 aliphatic heterocycles. The highest BCUT2D eigenvalue weighted by atomic mass is 19.4. The molecule has 0 bridgehead atoms. The average molecular weight is 511 g/mol. The maximum atomic E-state index is 13.9. The van der Waals surface area contributed by atoms with Crippen molar-refractivity contribution in [3.63, 3.8) is 0 Å². The topological polar surface area (TPSA) is 66.0 Å². The molecule has 6 rings (SSSR count). The molecule has 0 N–H and O–H groups in total. The summed E-state index contributed by atoms with van der Waals surface area (Å²) in [4.78, 5) is 37.4. The number of halogens is 3. The van der Waals surface area contributed by atoms with Gasteiger partial charge in [-0.15, -0.1) is 13.2 Å². The number of rotatable bonds is 4. The van der Waals surface area contributed by atoms with E-state index < -0.39 is 23.7 Å². The molecular weight excluding hydrogens is 485 g/mol. The lowest BCUT2D eigenvalue weighted by Crippen LogP contribution is -2.39. The lowest BCUT2D eigenvalue weighted by atomic mass is 10.1. The van der Waals surface area contributed by atoms with Crippen molar-refractivity contribution in [2.75, 3.05) is 27.8 Å². The normalized spacial score (nSPS) is 23.9. The lowest BCUT2D eigenvalue weighted by Gasteiger charge is -2.30. The third-order valence-electron chi connectivity index (χ3n) is 7.56. The predicted molar refractivity (Wildman–Crippen MR) is 133 cm³/mol. The molecule has 1 spiro atoms. The second-order valence-corrected chi connectivity index (χ2v) is 9.89. The van der Waals surface area contributed by atoms with Gasteiger partial charge < -0.3 is 9.64 Å². The third kappa shape index (κ3) is 3.86. The molecule has 2 aromatic carbocycles. The van der Waals surface area contributed by atoms with Crippen molar-refractivity contribution in [1.82, 2.24) is 4.98 Å². The number of aromatic nitrogens is 1. The molecule has 1 aliphatic carbocycles. The van der Waals surface area contributed by atoms with Crippen LogP contribution in [0.15, 0.2) is 54.6 Å². The fraction of sp³-hybridized carbons (Fsp3) is 0.370. The van der Waals surface area contributed by atoms with Gasteiger partial charge in [-0.25, -0.2) is 14.7 Å². The van der Waals surface area contributed by atoms with Gasteiger partial charge in [-0.2, -0.15) is 0 Å². The minimum absolute atomic E-state index is 0.0767. The monoisotopic (exact) mass is 510 g/mol. The molecule has 0 radical (unpaired) electrons. The van der Waals surface area contributed by atoms with Crippen molar-refractivity contribution in [3.05, 3.63) is 54.6 Å². The van der Waals surface area contributed by atoms with Crippen LogP contribution in [0.5, 0.6) is 5.75 Å². The van der Waals surface area contributed by atoms with E-state index in [9.17, 15) is 22.8 Å². The van der Waals surface area contributed by atoms with E-state index in [1.807, 2.05) is 37.3 Å². The number of imide groups is 1. The summed E-state index contributed by atoms with van der Waals surface area (Å²) in [5, 5.41) is 0.763. The van der Waals surface area contributed by atoms with Crippen LogP contribution in [0.3, 0.4) is 0 Å². The second-order valence-electron chi connectivity index (χ2n) is 9.89. The summed E-state index contributed by atoms with van der Waals surface area (Å²) in [7, 11) is 0. The minimum Gasteiger partial charge on any atom is -0.406 e. The summed E-state index contributed by atoms with van der Waals surface area (Å²) in [5.74, 6) is -0.112. The maximum Gasteiger partial charge on any atom is 0.573 e. The molecular formula is C27H25F3N4O3. The molecule has 3 fully saturated rings. The summed E-state index contributed by atoms with van der Waals surface area (Å²) in [6.45, 7) is 3.67.